The number of thiazole rings is 1. The van der Waals surface area contributed by atoms with Gasteiger partial charge in [-0.05, 0) is 50.3 Å². The van der Waals surface area contributed by atoms with E-state index < -0.39 is 0 Å². The molecule has 1 aromatic heterocycles. The van der Waals surface area contributed by atoms with Crippen molar-refractivity contribution >= 4 is 23.2 Å². The number of guanidine groups is 1. The lowest BCUT2D eigenvalue weighted by atomic mass is 10.0. The molecule has 0 saturated carbocycles. The van der Waals surface area contributed by atoms with Crippen molar-refractivity contribution in [1.29, 1.82) is 0 Å². The van der Waals surface area contributed by atoms with Crippen LogP contribution in [0.25, 0.3) is 0 Å². The van der Waals surface area contributed by atoms with E-state index in [4.69, 9.17) is 9.72 Å². The van der Waals surface area contributed by atoms with Crippen molar-refractivity contribution < 1.29 is 9.53 Å². The van der Waals surface area contributed by atoms with Gasteiger partial charge < -0.3 is 20.3 Å². The second-order valence-electron chi connectivity index (χ2n) is 7.33. The van der Waals surface area contributed by atoms with Gasteiger partial charge in [0.05, 0.1) is 12.2 Å². The van der Waals surface area contributed by atoms with Crippen LogP contribution in [0.15, 0.2) is 29.3 Å². The van der Waals surface area contributed by atoms with Crippen molar-refractivity contribution in [3.8, 4) is 5.75 Å². The number of fused-ring (bicyclic) bond motifs is 1. The molecule has 1 aliphatic carbocycles. The van der Waals surface area contributed by atoms with Gasteiger partial charge in [0, 0.05) is 32.1 Å². The highest BCUT2D eigenvalue weighted by Gasteiger charge is 2.17. The molecule has 0 atom stereocenters. The van der Waals surface area contributed by atoms with Gasteiger partial charge in [0.15, 0.2) is 12.6 Å². The molecule has 1 aromatic carbocycles. The molecule has 0 fully saturated rings. The normalized spacial score (nSPS) is 13.5. The van der Waals surface area contributed by atoms with Crippen molar-refractivity contribution in [2.45, 2.75) is 45.7 Å². The number of aryl methyl sites for hydroxylation is 2. The van der Waals surface area contributed by atoms with Crippen LogP contribution in [0.4, 0.5) is 0 Å². The quantitative estimate of drug-likeness (QED) is 0.498. The first-order valence-electron chi connectivity index (χ1n) is 10.5. The number of rotatable bonds is 8. The van der Waals surface area contributed by atoms with Crippen molar-refractivity contribution in [2.75, 3.05) is 27.2 Å². The van der Waals surface area contributed by atoms with Crippen LogP contribution in [0.1, 0.15) is 40.9 Å². The van der Waals surface area contributed by atoms with Gasteiger partial charge in [-0.1, -0.05) is 12.1 Å². The number of carbonyl (C=O) groups is 1. The fourth-order valence-corrected chi connectivity index (χ4v) is 4.67. The fourth-order valence-electron chi connectivity index (χ4n) is 3.46. The van der Waals surface area contributed by atoms with Crippen LogP contribution < -0.4 is 15.4 Å². The van der Waals surface area contributed by atoms with E-state index in [-0.39, 0.29) is 12.5 Å². The number of hydrogen-bond donors (Lipinski definition) is 2. The minimum Gasteiger partial charge on any atom is -0.484 e. The number of likely N-dealkylation sites (N-methyl/N-ethyl adjacent to an activating group) is 1. The standard InChI is InChI=1S/C22H31N5O2S/c1-4-24-20(28)15-29-17-9-7-8-16(12-17)13-25-22(23-2)27(3)14-21-26-18-10-5-6-11-19(18)30-21/h7-9,12H,4-6,10-11,13-15H2,1-3H3,(H,23,25)(H,24,28). The minimum absolute atomic E-state index is 0.0208. The largest absolute Gasteiger partial charge is 0.484 e. The molecule has 2 aromatic rings. The maximum absolute atomic E-state index is 11.6. The van der Waals surface area contributed by atoms with Crippen LogP contribution in [0.3, 0.4) is 0 Å². The summed E-state index contributed by atoms with van der Waals surface area (Å²) in [5.74, 6) is 1.38. The maximum Gasteiger partial charge on any atom is 0.257 e. The molecule has 30 heavy (non-hydrogen) atoms. The molecule has 2 N–H and O–H groups in total. The summed E-state index contributed by atoms with van der Waals surface area (Å²) in [7, 11) is 3.82. The van der Waals surface area contributed by atoms with Gasteiger partial charge in [-0.3, -0.25) is 9.79 Å². The number of ether oxygens (including phenoxy) is 1. The van der Waals surface area contributed by atoms with Gasteiger partial charge in [0.1, 0.15) is 10.8 Å². The first-order valence-corrected chi connectivity index (χ1v) is 11.3. The molecule has 3 rings (SSSR count). The molecular weight excluding hydrogens is 398 g/mol. The Balaban J connectivity index is 1.52. The van der Waals surface area contributed by atoms with E-state index in [9.17, 15) is 4.79 Å². The Bertz CT molecular complexity index is 857. The summed E-state index contributed by atoms with van der Waals surface area (Å²) in [6.45, 7) is 3.86. The second kappa shape index (κ2) is 11.0. The maximum atomic E-state index is 11.6. The third kappa shape index (κ3) is 6.19. The molecule has 1 amide bonds. The average molecular weight is 430 g/mol. The third-order valence-corrected chi connectivity index (χ3v) is 6.07. The number of carbonyl (C=O) groups excluding carboxylic acids is 1. The van der Waals surface area contributed by atoms with Gasteiger partial charge >= 0.3 is 0 Å². The van der Waals surface area contributed by atoms with E-state index in [1.165, 1.54) is 29.8 Å². The van der Waals surface area contributed by atoms with Crippen LogP contribution in [0, 0.1) is 0 Å². The van der Waals surface area contributed by atoms with Crippen molar-refractivity contribution in [1.82, 2.24) is 20.5 Å². The molecule has 162 valence electrons. The highest BCUT2D eigenvalue weighted by atomic mass is 32.1. The van der Waals surface area contributed by atoms with Crippen LogP contribution in [-0.2, 0) is 30.7 Å². The molecule has 7 nitrogen and oxygen atoms in total. The zero-order valence-corrected chi connectivity index (χ0v) is 18.8. The van der Waals surface area contributed by atoms with Gasteiger partial charge in [-0.25, -0.2) is 4.98 Å². The van der Waals surface area contributed by atoms with Gasteiger partial charge in [0.2, 0.25) is 0 Å². The Morgan fingerprint density at radius 1 is 1.30 bits per heavy atom. The monoisotopic (exact) mass is 429 g/mol. The van der Waals surface area contributed by atoms with Crippen molar-refractivity contribution in [3.63, 3.8) is 0 Å². The van der Waals surface area contributed by atoms with E-state index in [2.05, 4.69) is 20.5 Å². The lowest BCUT2D eigenvalue weighted by Gasteiger charge is -2.21. The molecule has 0 bridgehead atoms. The highest BCUT2D eigenvalue weighted by molar-refractivity contribution is 7.11. The first kappa shape index (κ1) is 22.1. The average Bonchev–Trinajstić information content (AvgIpc) is 3.15. The third-order valence-electron chi connectivity index (χ3n) is 4.93. The Hall–Kier alpha value is -2.61. The Morgan fingerprint density at radius 3 is 2.90 bits per heavy atom. The predicted octanol–water partition coefficient (Wildman–Crippen LogP) is 2.74. The summed E-state index contributed by atoms with van der Waals surface area (Å²) < 4.78 is 5.57. The SMILES string of the molecule is CCNC(=O)COc1cccc(CNC(=NC)N(C)Cc2nc3c(s2)CCCC3)c1. The lowest BCUT2D eigenvalue weighted by Crippen LogP contribution is -2.38. The van der Waals surface area contributed by atoms with E-state index in [1.807, 2.05) is 49.6 Å². The van der Waals surface area contributed by atoms with Crippen LogP contribution in [-0.4, -0.2) is 49.0 Å². The molecule has 8 heteroatoms. The second-order valence-corrected chi connectivity index (χ2v) is 8.50. The summed E-state index contributed by atoms with van der Waals surface area (Å²) in [6, 6.07) is 7.74. The number of benzene rings is 1. The number of hydrogen-bond acceptors (Lipinski definition) is 5. The molecular formula is C22H31N5O2S. The summed E-state index contributed by atoms with van der Waals surface area (Å²) in [5, 5.41) is 7.27. The Morgan fingerprint density at radius 2 is 2.13 bits per heavy atom. The number of amides is 1. The minimum atomic E-state index is -0.119. The molecule has 1 aliphatic rings. The van der Waals surface area contributed by atoms with Gasteiger partial charge in [-0.15, -0.1) is 11.3 Å². The smallest absolute Gasteiger partial charge is 0.257 e. The van der Waals surface area contributed by atoms with Crippen LogP contribution in [0.5, 0.6) is 5.75 Å². The van der Waals surface area contributed by atoms with E-state index >= 15 is 0 Å². The molecule has 0 aliphatic heterocycles. The van der Waals surface area contributed by atoms with Gasteiger partial charge in [0.25, 0.3) is 5.91 Å². The van der Waals surface area contributed by atoms with E-state index in [0.717, 1.165) is 29.5 Å². The summed E-state index contributed by atoms with van der Waals surface area (Å²) in [4.78, 5) is 24.4. The van der Waals surface area contributed by atoms with E-state index in [1.54, 1.807) is 7.05 Å². The lowest BCUT2D eigenvalue weighted by molar-refractivity contribution is -0.122. The fraction of sp³-hybridized carbons (Fsp3) is 0.500. The Labute approximate surface area is 182 Å². The molecule has 0 saturated heterocycles. The highest BCUT2D eigenvalue weighted by Crippen LogP contribution is 2.27. The van der Waals surface area contributed by atoms with E-state index in [0.29, 0.717) is 18.8 Å². The molecule has 0 radical (unpaired) electrons. The summed E-state index contributed by atoms with van der Waals surface area (Å²) in [5.41, 5.74) is 2.35. The number of nitrogens with zero attached hydrogens (tertiary/aromatic N) is 3. The molecule has 1 heterocycles. The number of aromatic nitrogens is 1. The predicted molar refractivity (Wildman–Crippen MR) is 121 cm³/mol. The van der Waals surface area contributed by atoms with Gasteiger partial charge in [-0.2, -0.15) is 0 Å². The Kier molecular flexibility index (Phi) is 8.07. The number of nitrogens with one attached hydrogen (secondary N) is 2. The zero-order chi connectivity index (χ0) is 21.3. The van der Waals surface area contributed by atoms with Crippen LogP contribution >= 0.6 is 11.3 Å². The topological polar surface area (TPSA) is 78.8 Å². The first-order chi connectivity index (χ1) is 14.6. The zero-order valence-electron chi connectivity index (χ0n) is 18.0. The molecule has 0 spiro atoms. The van der Waals surface area contributed by atoms with Crippen molar-refractivity contribution in [2.24, 2.45) is 4.99 Å². The van der Waals surface area contributed by atoms with Crippen molar-refractivity contribution in [3.05, 3.63) is 45.4 Å². The van der Waals surface area contributed by atoms with Crippen LogP contribution in [0.2, 0.25) is 0 Å². The molecule has 0 unspecified atom stereocenters. The summed E-state index contributed by atoms with van der Waals surface area (Å²) >= 11 is 1.83. The number of aliphatic imine (C=N–C) groups is 1. The summed E-state index contributed by atoms with van der Waals surface area (Å²) in [6.07, 6.45) is 4.81.